The predicted octanol–water partition coefficient (Wildman–Crippen LogP) is -1.42. The van der Waals surface area contributed by atoms with Crippen LogP contribution in [0.4, 0.5) is 0 Å². The lowest BCUT2D eigenvalue weighted by atomic mass is 10.2. The molecule has 6 heteroatoms. The number of rotatable bonds is 3. The van der Waals surface area contributed by atoms with Crippen LogP contribution in [0.25, 0.3) is 0 Å². The topological polar surface area (TPSA) is 153 Å². The van der Waals surface area contributed by atoms with E-state index in [1.54, 1.807) is 6.92 Å². The molecule has 72 valence electrons. The second-order valence-corrected chi connectivity index (χ2v) is 1.60. The third-order valence-corrected chi connectivity index (χ3v) is 0.848. The zero-order valence-electron chi connectivity index (χ0n) is 7.42. The van der Waals surface area contributed by atoms with Crippen LogP contribution in [0.3, 0.4) is 0 Å². The molecule has 0 heterocycles. The number of aliphatic carboxylic acids is 2. The Morgan fingerprint density at radius 2 is 1.50 bits per heavy atom. The van der Waals surface area contributed by atoms with E-state index >= 15 is 0 Å². The summed E-state index contributed by atoms with van der Waals surface area (Å²) in [5.74, 6) is -3.41. The number of carboxylic acid groups (broad SMARTS) is 2. The molecule has 0 bridgehead atoms. The molecule has 0 rings (SSSR count). The number of carboxylic acids is 2. The van der Waals surface area contributed by atoms with E-state index in [1.165, 1.54) is 0 Å². The Labute approximate surface area is 70.1 Å². The SMILES string of the molecule is CCC=C(C(=O)[O-])C(=O)[O-].[NH4+].[NH4+]. The summed E-state index contributed by atoms with van der Waals surface area (Å²) in [5.41, 5.74) is -0.789. The normalized spacial score (nSPS) is 7.08. The van der Waals surface area contributed by atoms with Gasteiger partial charge in [-0.25, -0.2) is 0 Å². The molecule has 8 N–H and O–H groups in total. The van der Waals surface area contributed by atoms with Crippen molar-refractivity contribution in [3.05, 3.63) is 11.6 Å². The number of carbonyl (C=O) groups excluding carboxylic acids is 2. The summed E-state index contributed by atoms with van der Waals surface area (Å²) < 4.78 is 0. The maximum absolute atomic E-state index is 9.93. The van der Waals surface area contributed by atoms with Gasteiger partial charge in [-0.1, -0.05) is 13.0 Å². The molecule has 0 aromatic carbocycles. The minimum absolute atomic E-state index is 0. The van der Waals surface area contributed by atoms with Crippen LogP contribution >= 0.6 is 0 Å². The van der Waals surface area contributed by atoms with Crippen LogP contribution in [0.2, 0.25) is 0 Å². The molecule has 0 aliphatic heterocycles. The van der Waals surface area contributed by atoms with Gasteiger partial charge in [-0.05, 0) is 6.42 Å². The fourth-order valence-corrected chi connectivity index (χ4v) is 0.454. The molecule has 0 aromatic heterocycles. The van der Waals surface area contributed by atoms with Gasteiger partial charge in [0, 0.05) is 5.57 Å². The van der Waals surface area contributed by atoms with Gasteiger partial charge in [0.15, 0.2) is 0 Å². The van der Waals surface area contributed by atoms with Crippen LogP contribution in [0.5, 0.6) is 0 Å². The van der Waals surface area contributed by atoms with Crippen LogP contribution in [0.15, 0.2) is 11.6 Å². The van der Waals surface area contributed by atoms with Crippen molar-refractivity contribution >= 4 is 11.9 Å². The van der Waals surface area contributed by atoms with Crippen molar-refractivity contribution in [1.82, 2.24) is 12.3 Å². The average molecular weight is 178 g/mol. The Bertz CT molecular complexity index is 172. The molecule has 0 fully saturated rings. The number of hydrogen-bond donors (Lipinski definition) is 2. The maximum Gasteiger partial charge on any atom is 0.0730 e. The fraction of sp³-hybridized carbons (Fsp3) is 0.333. The van der Waals surface area contributed by atoms with Crippen molar-refractivity contribution in [2.75, 3.05) is 0 Å². The summed E-state index contributed by atoms with van der Waals surface area (Å²) in [5, 5.41) is 19.9. The summed E-state index contributed by atoms with van der Waals surface area (Å²) in [4.78, 5) is 19.9. The van der Waals surface area contributed by atoms with Crippen molar-refractivity contribution in [1.29, 1.82) is 0 Å². The highest BCUT2D eigenvalue weighted by atomic mass is 16.4. The second kappa shape index (κ2) is 7.70. The lowest BCUT2D eigenvalue weighted by molar-refractivity contribution is -0.312. The summed E-state index contributed by atoms with van der Waals surface area (Å²) in [7, 11) is 0. The predicted molar refractivity (Wildman–Crippen MR) is 40.4 cm³/mol. The van der Waals surface area contributed by atoms with Gasteiger partial charge < -0.3 is 32.1 Å². The molecule has 0 amide bonds. The summed E-state index contributed by atoms with van der Waals surface area (Å²) in [6.07, 6.45) is 1.36. The lowest BCUT2D eigenvalue weighted by Gasteiger charge is -2.07. The van der Waals surface area contributed by atoms with Crippen LogP contribution < -0.4 is 22.5 Å². The van der Waals surface area contributed by atoms with E-state index in [0.29, 0.717) is 6.42 Å². The van der Waals surface area contributed by atoms with Gasteiger partial charge in [0.2, 0.25) is 0 Å². The largest absolute Gasteiger partial charge is 0.545 e. The van der Waals surface area contributed by atoms with E-state index < -0.39 is 17.5 Å². The zero-order valence-corrected chi connectivity index (χ0v) is 7.42. The average Bonchev–Trinajstić information content (AvgIpc) is 1.81. The van der Waals surface area contributed by atoms with Crippen molar-refractivity contribution in [3.8, 4) is 0 Å². The van der Waals surface area contributed by atoms with Crippen molar-refractivity contribution in [3.63, 3.8) is 0 Å². The van der Waals surface area contributed by atoms with Crippen LogP contribution in [0.1, 0.15) is 13.3 Å². The first kappa shape index (κ1) is 16.9. The molecular formula is C6H14N2O4. The molecule has 0 aliphatic rings. The van der Waals surface area contributed by atoms with Crippen LogP contribution in [0, 0.1) is 0 Å². The minimum atomic E-state index is -1.71. The van der Waals surface area contributed by atoms with E-state index in [0.717, 1.165) is 6.08 Å². The monoisotopic (exact) mass is 178 g/mol. The maximum atomic E-state index is 9.93. The Morgan fingerprint density at radius 3 is 1.58 bits per heavy atom. The quantitative estimate of drug-likeness (QED) is 0.309. The first-order valence-corrected chi connectivity index (χ1v) is 2.72. The van der Waals surface area contributed by atoms with Gasteiger partial charge in [0.1, 0.15) is 0 Å². The summed E-state index contributed by atoms with van der Waals surface area (Å²) in [6, 6.07) is 0. The molecule has 0 saturated carbocycles. The first-order chi connectivity index (χ1) is 4.59. The van der Waals surface area contributed by atoms with E-state index in [2.05, 4.69) is 0 Å². The molecule has 0 saturated heterocycles. The Kier molecular flexibility index (Phi) is 10.9. The molecule has 0 atom stereocenters. The lowest BCUT2D eigenvalue weighted by Crippen LogP contribution is -2.36. The van der Waals surface area contributed by atoms with Crippen LogP contribution in [-0.4, -0.2) is 11.9 Å². The van der Waals surface area contributed by atoms with Gasteiger partial charge >= 0.3 is 0 Å². The van der Waals surface area contributed by atoms with E-state index in [1.807, 2.05) is 0 Å². The molecule has 0 radical (unpaired) electrons. The number of allylic oxidation sites excluding steroid dienone is 1. The van der Waals surface area contributed by atoms with Crippen molar-refractivity contribution in [2.45, 2.75) is 13.3 Å². The Hall–Kier alpha value is -1.40. The van der Waals surface area contributed by atoms with Gasteiger partial charge in [-0.15, -0.1) is 0 Å². The molecule has 6 nitrogen and oxygen atoms in total. The first-order valence-electron chi connectivity index (χ1n) is 2.72. The zero-order chi connectivity index (χ0) is 8.15. The van der Waals surface area contributed by atoms with Gasteiger partial charge in [-0.3, -0.25) is 0 Å². The molecule has 0 aromatic rings. The summed E-state index contributed by atoms with van der Waals surface area (Å²) >= 11 is 0. The molecule has 0 aliphatic carbocycles. The van der Waals surface area contributed by atoms with E-state index in [4.69, 9.17) is 0 Å². The molecule has 0 spiro atoms. The van der Waals surface area contributed by atoms with Gasteiger partial charge in [-0.2, -0.15) is 0 Å². The van der Waals surface area contributed by atoms with Crippen molar-refractivity contribution < 1.29 is 19.8 Å². The Balaban J connectivity index is -0.000000405. The highest BCUT2D eigenvalue weighted by molar-refractivity contribution is 6.10. The minimum Gasteiger partial charge on any atom is -0.545 e. The highest BCUT2D eigenvalue weighted by Crippen LogP contribution is 1.92. The third kappa shape index (κ3) is 5.39. The fourth-order valence-electron chi connectivity index (χ4n) is 0.454. The number of quaternary nitrogens is 2. The van der Waals surface area contributed by atoms with Crippen molar-refractivity contribution in [2.24, 2.45) is 0 Å². The van der Waals surface area contributed by atoms with E-state index in [-0.39, 0.29) is 12.3 Å². The molecular weight excluding hydrogens is 164 g/mol. The molecule has 12 heavy (non-hydrogen) atoms. The van der Waals surface area contributed by atoms with Gasteiger partial charge in [0.05, 0.1) is 11.9 Å². The van der Waals surface area contributed by atoms with Crippen LogP contribution in [-0.2, 0) is 9.59 Å². The van der Waals surface area contributed by atoms with Gasteiger partial charge in [0.25, 0.3) is 0 Å². The summed E-state index contributed by atoms with van der Waals surface area (Å²) in [6.45, 7) is 1.62. The standard InChI is InChI=1S/C6H8O4.2H3N/c1-2-3-4(5(7)8)6(9)10;;/h3H,2H2,1H3,(H,7,8)(H,9,10);2*1H3. The highest BCUT2D eigenvalue weighted by Gasteiger charge is 1.96. The smallest absolute Gasteiger partial charge is 0.0730 e. The number of carbonyl (C=O) groups is 2. The second-order valence-electron chi connectivity index (χ2n) is 1.60. The van der Waals surface area contributed by atoms with E-state index in [9.17, 15) is 19.8 Å². The Morgan fingerprint density at radius 1 is 1.17 bits per heavy atom. The molecule has 0 unspecified atom stereocenters. The third-order valence-electron chi connectivity index (χ3n) is 0.848. The number of hydrogen-bond acceptors (Lipinski definition) is 4.